The van der Waals surface area contributed by atoms with Crippen LogP contribution in [0, 0.1) is 12.7 Å². The molecule has 1 aromatic carbocycles. The van der Waals surface area contributed by atoms with Crippen molar-refractivity contribution in [3.63, 3.8) is 0 Å². The Hall–Kier alpha value is -2.27. The van der Waals surface area contributed by atoms with Crippen LogP contribution < -0.4 is 0 Å². The number of hydrogen-bond donors (Lipinski definition) is 0. The number of carbonyl (C=O) groups is 1. The Kier molecular flexibility index (Phi) is 5.45. The summed E-state index contributed by atoms with van der Waals surface area (Å²) in [6.07, 6.45) is 1.73. The summed E-state index contributed by atoms with van der Waals surface area (Å²) in [5, 5.41) is 0. The zero-order valence-corrected chi connectivity index (χ0v) is 14.0. The lowest BCUT2D eigenvalue weighted by Crippen LogP contribution is -2.38. The van der Waals surface area contributed by atoms with Gasteiger partial charge in [-0.15, -0.1) is 0 Å². The van der Waals surface area contributed by atoms with Crippen LogP contribution in [0.5, 0.6) is 0 Å². The topological polar surface area (TPSA) is 36.4 Å². The van der Waals surface area contributed by atoms with Gasteiger partial charge in [-0.1, -0.05) is 18.2 Å². The number of halogens is 1. The summed E-state index contributed by atoms with van der Waals surface area (Å²) in [6, 6.07) is 9.58. The van der Waals surface area contributed by atoms with Gasteiger partial charge in [0.1, 0.15) is 11.9 Å². The van der Waals surface area contributed by atoms with Gasteiger partial charge in [-0.3, -0.25) is 14.7 Å². The second-order valence-electron chi connectivity index (χ2n) is 5.89. The number of nitrogens with zero attached hydrogens (tertiary/aromatic N) is 3. The van der Waals surface area contributed by atoms with Gasteiger partial charge in [-0.05, 0) is 44.8 Å². The van der Waals surface area contributed by atoms with Crippen molar-refractivity contribution >= 4 is 5.91 Å². The second-order valence-corrected chi connectivity index (χ2v) is 5.89. The summed E-state index contributed by atoms with van der Waals surface area (Å²) in [5.74, 6) is -0.512. The first-order valence-electron chi connectivity index (χ1n) is 7.47. The van der Waals surface area contributed by atoms with Crippen LogP contribution in [0.2, 0.25) is 0 Å². The number of hydrogen-bond acceptors (Lipinski definition) is 3. The number of carbonyl (C=O) groups excluding carboxylic acids is 1. The predicted molar refractivity (Wildman–Crippen MR) is 88.3 cm³/mol. The fourth-order valence-corrected chi connectivity index (χ4v) is 2.59. The van der Waals surface area contributed by atoms with Crippen molar-refractivity contribution in [3.8, 4) is 0 Å². The predicted octanol–water partition coefficient (Wildman–Crippen LogP) is 2.79. The van der Waals surface area contributed by atoms with E-state index < -0.39 is 6.04 Å². The van der Waals surface area contributed by atoms with E-state index in [0.29, 0.717) is 12.1 Å². The molecule has 2 rings (SSSR count). The molecule has 0 N–H and O–H groups in total. The molecule has 0 saturated heterocycles. The highest BCUT2D eigenvalue weighted by molar-refractivity contribution is 5.83. The van der Waals surface area contributed by atoms with E-state index in [1.807, 2.05) is 19.1 Å². The van der Waals surface area contributed by atoms with Crippen molar-refractivity contribution in [1.82, 2.24) is 14.8 Å². The van der Waals surface area contributed by atoms with Gasteiger partial charge < -0.3 is 4.90 Å². The van der Waals surface area contributed by atoms with Crippen LogP contribution in [-0.4, -0.2) is 41.8 Å². The third-order valence-electron chi connectivity index (χ3n) is 3.71. The number of aromatic nitrogens is 1. The molecule has 23 heavy (non-hydrogen) atoms. The maximum Gasteiger partial charge on any atom is 0.244 e. The van der Waals surface area contributed by atoms with Gasteiger partial charge in [0.2, 0.25) is 5.91 Å². The van der Waals surface area contributed by atoms with Gasteiger partial charge in [-0.2, -0.15) is 0 Å². The molecule has 1 heterocycles. The fourth-order valence-electron chi connectivity index (χ4n) is 2.59. The van der Waals surface area contributed by atoms with E-state index >= 15 is 0 Å². The standard InChI is InChI=1S/C18H22FN3O/c1-13-11-14(9-10-20-13)12-22(4)18(23)17(21(2)3)15-7-5-6-8-16(15)19/h5-11,17H,12H2,1-4H3. The number of rotatable bonds is 5. The van der Waals surface area contributed by atoms with Crippen molar-refractivity contribution in [3.05, 3.63) is 65.2 Å². The minimum Gasteiger partial charge on any atom is -0.340 e. The summed E-state index contributed by atoms with van der Waals surface area (Å²) in [4.78, 5) is 20.3. The number of likely N-dealkylation sites (N-methyl/N-ethyl adjacent to an activating group) is 2. The van der Waals surface area contributed by atoms with Crippen LogP contribution in [0.3, 0.4) is 0 Å². The Morgan fingerprint density at radius 1 is 1.22 bits per heavy atom. The Bertz CT molecular complexity index is 687. The quantitative estimate of drug-likeness (QED) is 0.851. The van der Waals surface area contributed by atoms with Crippen LogP contribution in [-0.2, 0) is 11.3 Å². The molecular formula is C18H22FN3O. The van der Waals surface area contributed by atoms with Gasteiger partial charge >= 0.3 is 0 Å². The van der Waals surface area contributed by atoms with E-state index in [0.717, 1.165) is 11.3 Å². The number of benzene rings is 1. The lowest BCUT2D eigenvalue weighted by Gasteiger charge is -2.29. The Morgan fingerprint density at radius 2 is 1.91 bits per heavy atom. The van der Waals surface area contributed by atoms with E-state index in [-0.39, 0.29) is 11.7 Å². The van der Waals surface area contributed by atoms with Crippen LogP contribution in [0.4, 0.5) is 4.39 Å². The second kappa shape index (κ2) is 7.33. The van der Waals surface area contributed by atoms with Crippen LogP contribution in [0.1, 0.15) is 22.9 Å². The van der Waals surface area contributed by atoms with Gasteiger partial charge in [0.05, 0.1) is 0 Å². The highest BCUT2D eigenvalue weighted by Gasteiger charge is 2.28. The monoisotopic (exact) mass is 315 g/mol. The molecule has 122 valence electrons. The third-order valence-corrected chi connectivity index (χ3v) is 3.71. The number of pyridine rings is 1. The first kappa shape index (κ1) is 17.1. The third kappa shape index (κ3) is 4.13. The van der Waals surface area contributed by atoms with Gasteiger partial charge in [-0.25, -0.2) is 4.39 Å². The normalized spacial score (nSPS) is 12.3. The molecule has 5 heteroatoms. The summed E-state index contributed by atoms with van der Waals surface area (Å²) in [6.45, 7) is 2.37. The molecule has 1 amide bonds. The molecular weight excluding hydrogens is 293 g/mol. The summed E-state index contributed by atoms with van der Waals surface area (Å²) in [5.41, 5.74) is 2.29. The zero-order chi connectivity index (χ0) is 17.0. The average Bonchev–Trinajstić information content (AvgIpc) is 2.49. The average molecular weight is 315 g/mol. The summed E-state index contributed by atoms with van der Waals surface area (Å²) in [7, 11) is 5.29. The van der Waals surface area contributed by atoms with Crippen molar-refractivity contribution in [2.75, 3.05) is 21.1 Å². The first-order valence-corrected chi connectivity index (χ1v) is 7.47. The van der Waals surface area contributed by atoms with Gasteiger partial charge in [0, 0.05) is 31.0 Å². The van der Waals surface area contributed by atoms with Crippen LogP contribution in [0.25, 0.3) is 0 Å². The maximum atomic E-state index is 14.1. The SMILES string of the molecule is Cc1cc(CN(C)C(=O)C(c2ccccc2F)N(C)C)ccn1. The van der Waals surface area contributed by atoms with E-state index in [1.165, 1.54) is 6.07 Å². The molecule has 1 atom stereocenters. The summed E-state index contributed by atoms with van der Waals surface area (Å²) < 4.78 is 14.1. The molecule has 0 bridgehead atoms. The largest absolute Gasteiger partial charge is 0.340 e. The molecule has 0 aliphatic carbocycles. The van der Waals surface area contributed by atoms with E-state index in [9.17, 15) is 9.18 Å². The van der Waals surface area contributed by atoms with Crippen molar-refractivity contribution in [2.24, 2.45) is 0 Å². The maximum absolute atomic E-state index is 14.1. The van der Waals surface area contributed by atoms with Gasteiger partial charge in [0.15, 0.2) is 0 Å². The van der Waals surface area contributed by atoms with Crippen LogP contribution in [0.15, 0.2) is 42.6 Å². The fraction of sp³-hybridized carbons (Fsp3) is 0.333. The highest BCUT2D eigenvalue weighted by Crippen LogP contribution is 2.23. The molecule has 0 aliphatic rings. The Labute approximate surface area is 136 Å². The molecule has 0 saturated carbocycles. The molecule has 0 radical (unpaired) electrons. The van der Waals surface area contributed by atoms with E-state index in [1.54, 1.807) is 55.3 Å². The van der Waals surface area contributed by atoms with Crippen LogP contribution >= 0.6 is 0 Å². The van der Waals surface area contributed by atoms with Crippen molar-refractivity contribution < 1.29 is 9.18 Å². The van der Waals surface area contributed by atoms with Crippen molar-refractivity contribution in [1.29, 1.82) is 0 Å². The minimum absolute atomic E-state index is 0.144. The molecule has 4 nitrogen and oxygen atoms in total. The van der Waals surface area contributed by atoms with E-state index in [2.05, 4.69) is 4.98 Å². The lowest BCUT2D eigenvalue weighted by molar-refractivity contribution is -0.135. The first-order chi connectivity index (χ1) is 10.9. The smallest absolute Gasteiger partial charge is 0.244 e. The molecule has 0 aliphatic heterocycles. The lowest BCUT2D eigenvalue weighted by atomic mass is 10.0. The van der Waals surface area contributed by atoms with Gasteiger partial charge in [0.25, 0.3) is 0 Å². The van der Waals surface area contributed by atoms with Crippen molar-refractivity contribution in [2.45, 2.75) is 19.5 Å². The minimum atomic E-state index is -0.649. The molecule has 1 unspecified atom stereocenters. The molecule has 0 spiro atoms. The Morgan fingerprint density at radius 3 is 2.52 bits per heavy atom. The number of aryl methyl sites for hydroxylation is 1. The summed E-state index contributed by atoms with van der Waals surface area (Å²) >= 11 is 0. The zero-order valence-electron chi connectivity index (χ0n) is 14.0. The Balaban J connectivity index is 2.22. The molecule has 0 fully saturated rings. The van der Waals surface area contributed by atoms with E-state index in [4.69, 9.17) is 0 Å². The number of amides is 1. The highest BCUT2D eigenvalue weighted by atomic mass is 19.1. The molecule has 2 aromatic rings. The molecule has 1 aromatic heterocycles.